The molecule has 0 unspecified atom stereocenters. The van der Waals surface area contributed by atoms with Crippen LogP contribution in [0.5, 0.6) is 11.5 Å². The molecular weight excluding hydrogens is 442 g/mol. The van der Waals surface area contributed by atoms with Crippen molar-refractivity contribution < 1.29 is 36.6 Å². The summed E-state index contributed by atoms with van der Waals surface area (Å²) in [7, 11) is 0. The van der Waals surface area contributed by atoms with Crippen molar-refractivity contribution in [1.29, 1.82) is 0 Å². The van der Waals surface area contributed by atoms with Gasteiger partial charge in [0.1, 0.15) is 23.6 Å². The van der Waals surface area contributed by atoms with Crippen molar-refractivity contribution in [2.24, 2.45) is 0 Å². The first-order chi connectivity index (χ1) is 15.7. The maximum atomic E-state index is 14.8. The van der Waals surface area contributed by atoms with Crippen molar-refractivity contribution >= 4 is 28.7 Å². The first-order valence-electron chi connectivity index (χ1n) is 10.2. The van der Waals surface area contributed by atoms with Crippen LogP contribution in [-0.2, 0) is 17.8 Å². The second-order valence-corrected chi connectivity index (χ2v) is 7.44. The Labute approximate surface area is 186 Å². The lowest BCUT2D eigenvalue weighted by Gasteiger charge is -2.18. The van der Waals surface area contributed by atoms with Gasteiger partial charge in [-0.3, -0.25) is 4.79 Å². The van der Waals surface area contributed by atoms with E-state index in [0.29, 0.717) is 33.9 Å². The fourth-order valence-electron chi connectivity index (χ4n) is 3.97. The maximum Gasteiger partial charge on any atom is 0.422 e. The van der Waals surface area contributed by atoms with Crippen LogP contribution in [0.25, 0.3) is 10.8 Å². The van der Waals surface area contributed by atoms with E-state index in [0.717, 1.165) is 11.0 Å². The zero-order chi connectivity index (χ0) is 23.8. The summed E-state index contributed by atoms with van der Waals surface area (Å²) in [5.74, 6) is -1.30. The molecule has 9 heteroatoms. The molecule has 0 aliphatic carbocycles. The molecule has 5 nitrogen and oxygen atoms in total. The summed E-state index contributed by atoms with van der Waals surface area (Å²) in [6.45, 7) is 0.303. The highest BCUT2D eigenvalue weighted by atomic mass is 19.4. The number of anilines is 1. The van der Waals surface area contributed by atoms with Crippen LogP contribution in [0, 0.1) is 5.82 Å². The maximum absolute atomic E-state index is 14.8. The van der Waals surface area contributed by atoms with Gasteiger partial charge in [-0.15, -0.1) is 0 Å². The first-order valence-corrected chi connectivity index (χ1v) is 10.2. The second-order valence-electron chi connectivity index (χ2n) is 7.44. The normalized spacial score (nSPS) is 13.4. The topological polar surface area (TPSA) is 55.8 Å². The minimum atomic E-state index is -4.62. The Hall–Kier alpha value is -3.62. The standard InChI is InChI=1S/C24H19F4NO4/c1-2-32-21-15-5-3-4-6-16(15)22(33-13-24(26,27)28)20-17(21)12-29(23(20)31)19-8-7-14(9-10-30)11-18(19)25/h3-8,10-11H,2,9,12-13H2,1H3. The van der Waals surface area contributed by atoms with Crippen molar-refractivity contribution in [1.82, 2.24) is 0 Å². The van der Waals surface area contributed by atoms with E-state index in [1.807, 2.05) is 0 Å². The number of carbonyl (C=O) groups excluding carboxylic acids is 2. The van der Waals surface area contributed by atoms with Crippen LogP contribution in [0.4, 0.5) is 23.2 Å². The molecule has 1 aliphatic heterocycles. The number of alkyl halides is 3. The number of carbonyl (C=O) groups is 2. The van der Waals surface area contributed by atoms with Crippen molar-refractivity contribution in [2.45, 2.75) is 26.1 Å². The molecule has 1 heterocycles. The third-order valence-electron chi connectivity index (χ3n) is 5.29. The molecule has 0 atom stereocenters. The van der Waals surface area contributed by atoms with Crippen LogP contribution in [0.15, 0.2) is 42.5 Å². The van der Waals surface area contributed by atoms with Gasteiger partial charge >= 0.3 is 6.18 Å². The SMILES string of the molecule is CCOc1c2c(c(OCC(F)(F)F)c3ccccc13)C(=O)N(c1ccc(CC=O)cc1F)C2. The van der Waals surface area contributed by atoms with E-state index in [-0.39, 0.29) is 36.6 Å². The van der Waals surface area contributed by atoms with Gasteiger partial charge < -0.3 is 19.2 Å². The Balaban J connectivity index is 1.88. The van der Waals surface area contributed by atoms with Crippen LogP contribution in [0.2, 0.25) is 0 Å². The molecular formula is C24H19F4NO4. The number of rotatable bonds is 7. The van der Waals surface area contributed by atoms with Crippen LogP contribution in [0.3, 0.4) is 0 Å². The third-order valence-corrected chi connectivity index (χ3v) is 5.29. The van der Waals surface area contributed by atoms with Gasteiger partial charge in [0.2, 0.25) is 0 Å². The van der Waals surface area contributed by atoms with Gasteiger partial charge in [-0.05, 0) is 24.6 Å². The van der Waals surface area contributed by atoms with E-state index in [2.05, 4.69) is 0 Å². The number of benzene rings is 3. The number of hydrogen-bond acceptors (Lipinski definition) is 4. The monoisotopic (exact) mass is 461 g/mol. The molecule has 172 valence electrons. The zero-order valence-corrected chi connectivity index (χ0v) is 17.5. The Morgan fingerprint density at radius 2 is 1.76 bits per heavy atom. The van der Waals surface area contributed by atoms with Gasteiger partial charge in [-0.2, -0.15) is 13.2 Å². The first kappa shape index (κ1) is 22.6. The van der Waals surface area contributed by atoms with Crippen molar-refractivity contribution in [3.8, 4) is 11.5 Å². The molecule has 1 amide bonds. The Morgan fingerprint density at radius 3 is 2.36 bits per heavy atom. The average Bonchev–Trinajstić information content (AvgIpc) is 3.10. The molecule has 0 N–H and O–H groups in total. The molecule has 0 saturated carbocycles. The molecule has 0 aromatic heterocycles. The minimum absolute atomic E-state index is 0.0146. The summed E-state index contributed by atoms with van der Waals surface area (Å²) in [6, 6.07) is 10.6. The molecule has 3 aromatic rings. The molecule has 0 spiro atoms. The number of hydrogen-bond donors (Lipinski definition) is 0. The Bertz CT molecular complexity index is 1240. The van der Waals surface area contributed by atoms with Gasteiger partial charge in [-0.1, -0.05) is 30.3 Å². The number of amides is 1. The largest absolute Gasteiger partial charge is 0.493 e. The van der Waals surface area contributed by atoms with Gasteiger partial charge in [-0.25, -0.2) is 4.39 Å². The second kappa shape index (κ2) is 8.73. The number of nitrogens with zero attached hydrogens (tertiary/aromatic N) is 1. The highest BCUT2D eigenvalue weighted by Gasteiger charge is 2.39. The zero-order valence-electron chi connectivity index (χ0n) is 17.5. The summed E-state index contributed by atoms with van der Waals surface area (Å²) < 4.78 is 64.7. The summed E-state index contributed by atoms with van der Waals surface area (Å²) in [5.41, 5.74) is 0.622. The van der Waals surface area contributed by atoms with Crippen LogP contribution >= 0.6 is 0 Å². The third kappa shape index (κ3) is 4.22. The van der Waals surface area contributed by atoms with Crippen LogP contribution in [0.1, 0.15) is 28.4 Å². The molecule has 4 rings (SSSR count). The molecule has 3 aromatic carbocycles. The fraction of sp³-hybridized carbons (Fsp3) is 0.250. The summed E-state index contributed by atoms with van der Waals surface area (Å²) in [4.78, 5) is 25.2. The smallest absolute Gasteiger partial charge is 0.422 e. The van der Waals surface area contributed by atoms with E-state index in [1.54, 1.807) is 31.2 Å². The van der Waals surface area contributed by atoms with E-state index in [4.69, 9.17) is 9.47 Å². The van der Waals surface area contributed by atoms with Crippen molar-refractivity contribution in [3.05, 3.63) is 65.0 Å². The predicted octanol–water partition coefficient (Wildman–Crippen LogP) is 5.22. The highest BCUT2D eigenvalue weighted by molar-refractivity contribution is 6.17. The Morgan fingerprint density at radius 1 is 1.06 bits per heavy atom. The lowest BCUT2D eigenvalue weighted by atomic mass is 9.99. The highest BCUT2D eigenvalue weighted by Crippen LogP contribution is 2.46. The van der Waals surface area contributed by atoms with E-state index in [9.17, 15) is 27.2 Å². The van der Waals surface area contributed by atoms with Crippen LogP contribution < -0.4 is 14.4 Å². The number of aldehydes is 1. The van der Waals surface area contributed by atoms with Gasteiger partial charge in [0.15, 0.2) is 6.61 Å². The molecule has 33 heavy (non-hydrogen) atoms. The molecule has 0 bridgehead atoms. The van der Waals surface area contributed by atoms with Gasteiger partial charge in [0, 0.05) is 22.8 Å². The van der Waals surface area contributed by atoms with E-state index >= 15 is 0 Å². The fourth-order valence-corrected chi connectivity index (χ4v) is 3.97. The number of halogens is 4. The summed E-state index contributed by atoms with van der Waals surface area (Å²) >= 11 is 0. The summed E-state index contributed by atoms with van der Waals surface area (Å²) in [5, 5.41) is 0.785. The summed E-state index contributed by atoms with van der Waals surface area (Å²) in [6.07, 6.45) is -3.97. The van der Waals surface area contributed by atoms with Crippen molar-refractivity contribution in [2.75, 3.05) is 18.1 Å². The van der Waals surface area contributed by atoms with Crippen LogP contribution in [-0.4, -0.2) is 31.6 Å². The molecule has 1 aliphatic rings. The van der Waals surface area contributed by atoms with E-state index in [1.165, 1.54) is 12.1 Å². The average molecular weight is 461 g/mol. The molecule has 0 saturated heterocycles. The predicted molar refractivity (Wildman–Crippen MR) is 113 cm³/mol. The lowest BCUT2D eigenvalue weighted by Crippen LogP contribution is -2.25. The number of fused-ring (bicyclic) bond motifs is 2. The van der Waals surface area contributed by atoms with Gasteiger partial charge in [0.25, 0.3) is 5.91 Å². The van der Waals surface area contributed by atoms with Gasteiger partial charge in [0.05, 0.1) is 24.4 Å². The van der Waals surface area contributed by atoms with E-state index < -0.39 is 24.5 Å². The number of ether oxygens (including phenoxy) is 2. The van der Waals surface area contributed by atoms with Crippen molar-refractivity contribution in [3.63, 3.8) is 0 Å². The molecule has 0 fully saturated rings. The lowest BCUT2D eigenvalue weighted by molar-refractivity contribution is -0.153. The quantitative estimate of drug-likeness (QED) is 0.358. The Kier molecular flexibility index (Phi) is 5.97. The molecule has 0 radical (unpaired) electrons. The minimum Gasteiger partial charge on any atom is -0.493 e.